The number of fused-ring (bicyclic) bond motifs is 1. The average Bonchev–Trinajstić information content (AvgIpc) is 3.07. The minimum absolute atomic E-state index is 0.108. The van der Waals surface area contributed by atoms with Gasteiger partial charge in [-0.3, -0.25) is 4.79 Å². The normalized spacial score (nSPS) is 22.7. The van der Waals surface area contributed by atoms with Gasteiger partial charge in [0.15, 0.2) is 0 Å². The molecule has 1 aromatic heterocycles. The Morgan fingerprint density at radius 3 is 2.68 bits per heavy atom. The van der Waals surface area contributed by atoms with Crippen LogP contribution in [0.1, 0.15) is 80.2 Å². The highest BCUT2D eigenvalue weighted by atomic mass is 19.1. The fourth-order valence-corrected chi connectivity index (χ4v) is 4.98. The van der Waals surface area contributed by atoms with Gasteiger partial charge in [0.25, 0.3) is 5.91 Å². The van der Waals surface area contributed by atoms with Gasteiger partial charge in [0.05, 0.1) is 17.4 Å². The Morgan fingerprint density at radius 2 is 2.03 bits per heavy atom. The number of nitrogens with two attached hydrogens (primary N) is 1. The topological polar surface area (TPSA) is 93.2 Å². The molecule has 7 heteroatoms. The smallest absolute Gasteiger partial charge is 0.250 e. The first-order valence-corrected chi connectivity index (χ1v) is 11.4. The Balaban J connectivity index is 1.77. The van der Waals surface area contributed by atoms with Crippen molar-refractivity contribution in [2.45, 2.75) is 84.3 Å². The van der Waals surface area contributed by atoms with Gasteiger partial charge >= 0.3 is 0 Å². The fourth-order valence-electron chi connectivity index (χ4n) is 4.98. The molecule has 168 valence electrons. The van der Waals surface area contributed by atoms with Crippen LogP contribution in [0, 0.1) is 11.2 Å². The van der Waals surface area contributed by atoms with E-state index in [1.807, 2.05) is 0 Å². The van der Waals surface area contributed by atoms with Crippen molar-refractivity contribution >= 4 is 11.6 Å². The predicted molar refractivity (Wildman–Crippen MR) is 119 cm³/mol. The van der Waals surface area contributed by atoms with Gasteiger partial charge in [-0.05, 0) is 74.5 Å². The number of aryl methyl sites for hydroxylation is 1. The molecule has 0 aliphatic heterocycles. The summed E-state index contributed by atoms with van der Waals surface area (Å²) in [6.07, 6.45) is 6.38. The first-order valence-electron chi connectivity index (χ1n) is 11.4. The Morgan fingerprint density at radius 1 is 1.32 bits per heavy atom. The first kappa shape index (κ1) is 21.8. The molecule has 4 rings (SSSR count). The van der Waals surface area contributed by atoms with Crippen molar-refractivity contribution in [3.8, 4) is 5.69 Å². The highest BCUT2D eigenvalue weighted by Gasteiger charge is 2.32. The highest BCUT2D eigenvalue weighted by molar-refractivity contribution is 5.99. The predicted octanol–water partition coefficient (Wildman–Crippen LogP) is 3.90. The second-order valence-electron chi connectivity index (χ2n) is 9.84. The number of aromatic nitrogens is 2. The van der Waals surface area contributed by atoms with Gasteiger partial charge in [-0.15, -0.1) is 0 Å². The summed E-state index contributed by atoms with van der Waals surface area (Å²) in [5.74, 6) is -1.17. The minimum atomic E-state index is -0.665. The van der Waals surface area contributed by atoms with Crippen LogP contribution in [0.25, 0.3) is 5.69 Å². The molecule has 1 saturated carbocycles. The SMILES string of the molecule is CCc1nn(-c2cc(NC3CCC(O)CC3)c(C(N)=O)cc2F)c2c1CCC(C)(C)C2. The maximum absolute atomic E-state index is 15.3. The third-order valence-electron chi connectivity index (χ3n) is 6.84. The van der Waals surface area contributed by atoms with Gasteiger partial charge in [0.1, 0.15) is 11.5 Å². The highest BCUT2D eigenvalue weighted by Crippen LogP contribution is 2.38. The van der Waals surface area contributed by atoms with E-state index in [0.29, 0.717) is 24.2 Å². The van der Waals surface area contributed by atoms with Crippen molar-refractivity contribution in [3.63, 3.8) is 0 Å². The molecular weight excluding hydrogens is 395 g/mol. The molecule has 0 radical (unpaired) electrons. The molecule has 0 unspecified atom stereocenters. The van der Waals surface area contributed by atoms with Crippen molar-refractivity contribution in [3.05, 3.63) is 40.5 Å². The molecule has 1 fully saturated rings. The third-order valence-corrected chi connectivity index (χ3v) is 6.84. The molecule has 1 heterocycles. The van der Waals surface area contributed by atoms with Crippen LogP contribution in [-0.2, 0) is 19.3 Å². The lowest BCUT2D eigenvalue weighted by atomic mass is 9.76. The van der Waals surface area contributed by atoms with Gasteiger partial charge in [0.2, 0.25) is 0 Å². The number of nitrogens with one attached hydrogen (secondary N) is 1. The van der Waals surface area contributed by atoms with Crippen LogP contribution in [0.2, 0.25) is 0 Å². The van der Waals surface area contributed by atoms with Gasteiger partial charge in [-0.1, -0.05) is 20.8 Å². The summed E-state index contributed by atoms with van der Waals surface area (Å²) in [6.45, 7) is 6.54. The zero-order chi connectivity index (χ0) is 22.3. The van der Waals surface area contributed by atoms with Crippen molar-refractivity contribution in [1.82, 2.24) is 9.78 Å². The van der Waals surface area contributed by atoms with Crippen molar-refractivity contribution in [2.75, 3.05) is 5.32 Å². The number of carbonyl (C=O) groups excluding carboxylic acids is 1. The Labute approximate surface area is 183 Å². The van der Waals surface area contributed by atoms with E-state index in [2.05, 4.69) is 26.1 Å². The van der Waals surface area contributed by atoms with Crippen LogP contribution in [0.5, 0.6) is 0 Å². The van der Waals surface area contributed by atoms with Crippen molar-refractivity contribution in [1.29, 1.82) is 0 Å². The quantitative estimate of drug-likeness (QED) is 0.673. The molecule has 0 atom stereocenters. The van der Waals surface area contributed by atoms with E-state index < -0.39 is 11.7 Å². The number of anilines is 1. The zero-order valence-corrected chi connectivity index (χ0v) is 18.7. The van der Waals surface area contributed by atoms with Gasteiger partial charge in [-0.2, -0.15) is 5.10 Å². The summed E-state index contributed by atoms with van der Waals surface area (Å²) in [5, 5.41) is 17.9. The van der Waals surface area contributed by atoms with Crippen LogP contribution in [-0.4, -0.2) is 32.9 Å². The third kappa shape index (κ3) is 4.33. The van der Waals surface area contributed by atoms with Gasteiger partial charge < -0.3 is 16.2 Å². The number of aliphatic hydroxyl groups is 1. The van der Waals surface area contributed by atoms with Crippen LogP contribution >= 0.6 is 0 Å². The Hall–Kier alpha value is -2.41. The number of nitrogens with zero attached hydrogens (tertiary/aromatic N) is 2. The molecule has 2 aromatic rings. The van der Waals surface area contributed by atoms with E-state index in [1.165, 1.54) is 11.6 Å². The Kier molecular flexibility index (Phi) is 5.81. The maximum atomic E-state index is 15.3. The number of carbonyl (C=O) groups is 1. The summed E-state index contributed by atoms with van der Waals surface area (Å²) < 4.78 is 17.0. The standard InChI is InChI=1S/C24H33FN4O2/c1-4-19-16-9-10-24(2,3)13-22(16)29(28-19)21-12-20(17(23(26)31)11-18(21)25)27-14-5-7-15(30)8-6-14/h11-12,14-15,27,30H,4-10,13H2,1-3H3,(H2,26,31). The number of rotatable bonds is 5. The fraction of sp³-hybridized carbons (Fsp3) is 0.583. The lowest BCUT2D eigenvalue weighted by Gasteiger charge is -2.30. The lowest BCUT2D eigenvalue weighted by molar-refractivity contribution is 0.1000. The number of aliphatic hydroxyl groups excluding tert-OH is 1. The van der Waals surface area contributed by atoms with Gasteiger partial charge in [0, 0.05) is 17.4 Å². The van der Waals surface area contributed by atoms with Crippen LogP contribution in [0.4, 0.5) is 10.1 Å². The molecule has 2 aliphatic rings. The molecule has 2 aliphatic carbocycles. The first-order chi connectivity index (χ1) is 14.7. The Bertz CT molecular complexity index is 990. The van der Waals surface area contributed by atoms with Crippen LogP contribution in [0.3, 0.4) is 0 Å². The molecule has 1 aromatic carbocycles. The molecule has 1 amide bonds. The van der Waals surface area contributed by atoms with Crippen molar-refractivity contribution < 1.29 is 14.3 Å². The summed E-state index contributed by atoms with van der Waals surface area (Å²) in [5.41, 5.74) is 10.0. The van der Waals surface area contributed by atoms with Crippen LogP contribution < -0.4 is 11.1 Å². The van der Waals surface area contributed by atoms with Crippen LogP contribution in [0.15, 0.2) is 12.1 Å². The van der Waals surface area contributed by atoms with E-state index >= 15 is 4.39 Å². The second kappa shape index (κ2) is 8.26. The molecule has 4 N–H and O–H groups in total. The van der Waals surface area contributed by atoms with E-state index in [-0.39, 0.29) is 23.1 Å². The molecule has 0 spiro atoms. The largest absolute Gasteiger partial charge is 0.393 e. The minimum Gasteiger partial charge on any atom is -0.393 e. The molecule has 6 nitrogen and oxygen atoms in total. The van der Waals surface area contributed by atoms with E-state index in [4.69, 9.17) is 10.8 Å². The van der Waals surface area contributed by atoms with E-state index in [0.717, 1.165) is 49.9 Å². The number of hydrogen-bond acceptors (Lipinski definition) is 4. The second-order valence-corrected chi connectivity index (χ2v) is 9.84. The molecule has 31 heavy (non-hydrogen) atoms. The van der Waals surface area contributed by atoms with Gasteiger partial charge in [-0.25, -0.2) is 9.07 Å². The number of halogens is 1. The monoisotopic (exact) mass is 428 g/mol. The average molecular weight is 429 g/mol. The van der Waals surface area contributed by atoms with Crippen molar-refractivity contribution in [2.24, 2.45) is 11.1 Å². The number of primary amides is 1. The number of benzene rings is 1. The number of amides is 1. The summed E-state index contributed by atoms with van der Waals surface area (Å²) in [4.78, 5) is 12.0. The summed E-state index contributed by atoms with van der Waals surface area (Å²) >= 11 is 0. The summed E-state index contributed by atoms with van der Waals surface area (Å²) in [6, 6.07) is 3.01. The lowest BCUT2D eigenvalue weighted by Crippen LogP contribution is -2.29. The molecule has 0 saturated heterocycles. The zero-order valence-electron chi connectivity index (χ0n) is 18.7. The van der Waals surface area contributed by atoms with E-state index in [9.17, 15) is 9.90 Å². The maximum Gasteiger partial charge on any atom is 0.250 e. The summed E-state index contributed by atoms with van der Waals surface area (Å²) in [7, 11) is 0. The number of hydrogen-bond donors (Lipinski definition) is 3. The molecular formula is C24H33FN4O2. The molecule has 0 bridgehead atoms. The van der Waals surface area contributed by atoms with E-state index in [1.54, 1.807) is 10.7 Å².